The molecular weight excluding hydrogens is 302 g/mol. The van der Waals surface area contributed by atoms with E-state index in [1.165, 1.54) is 0 Å². The maximum atomic E-state index is 12.3. The van der Waals surface area contributed by atoms with Gasteiger partial charge in [0.05, 0.1) is 6.54 Å². The molecule has 0 bridgehead atoms. The Morgan fingerprint density at radius 3 is 2.87 bits per heavy atom. The molecule has 1 fully saturated rings. The fraction of sp³-hybridized carbons (Fsp3) is 0.500. The van der Waals surface area contributed by atoms with Crippen LogP contribution < -0.4 is 5.32 Å². The Morgan fingerprint density at radius 2 is 2.13 bits per heavy atom. The highest BCUT2D eigenvalue weighted by atomic mass is 19.3. The Balaban J connectivity index is 1.48. The summed E-state index contributed by atoms with van der Waals surface area (Å²) in [4.78, 5) is 18.1. The van der Waals surface area contributed by atoms with E-state index in [0.29, 0.717) is 32.5 Å². The lowest BCUT2D eigenvalue weighted by Crippen LogP contribution is -2.41. The molecule has 0 saturated carbocycles. The Bertz CT molecular complexity index is 665. The van der Waals surface area contributed by atoms with Crippen molar-refractivity contribution in [3.8, 4) is 0 Å². The first-order valence-electron chi connectivity index (χ1n) is 7.81. The number of likely N-dealkylation sites (tertiary alicyclic amines) is 1. The van der Waals surface area contributed by atoms with Crippen molar-refractivity contribution >= 4 is 11.6 Å². The topological polar surface area (TPSA) is 49.6 Å². The summed E-state index contributed by atoms with van der Waals surface area (Å²) in [5, 5.41) is 2.94. The van der Waals surface area contributed by atoms with E-state index >= 15 is 0 Å². The summed E-state index contributed by atoms with van der Waals surface area (Å²) in [6.07, 6.45) is 4.47. The van der Waals surface area contributed by atoms with Crippen molar-refractivity contribution in [3.63, 3.8) is 0 Å². The molecule has 1 aliphatic heterocycles. The van der Waals surface area contributed by atoms with Gasteiger partial charge in [0, 0.05) is 31.1 Å². The maximum Gasteiger partial charge on any atom is 0.251 e. The SMILES string of the molecule is O=C(NCc1ccn2ccnc2c1)C1CCN(CC(F)F)CC1. The highest BCUT2D eigenvalue weighted by Gasteiger charge is 2.25. The minimum atomic E-state index is -2.31. The van der Waals surface area contributed by atoms with Gasteiger partial charge in [0.15, 0.2) is 0 Å². The predicted molar refractivity (Wildman–Crippen MR) is 82.2 cm³/mol. The maximum absolute atomic E-state index is 12.3. The first kappa shape index (κ1) is 15.9. The van der Waals surface area contributed by atoms with E-state index in [9.17, 15) is 13.6 Å². The molecule has 124 valence electrons. The number of amides is 1. The standard InChI is InChI=1S/C16H20F2N4O/c17-14(18)11-21-5-2-13(3-6-21)16(23)20-10-12-1-7-22-8-4-19-15(22)9-12/h1,4,7-9,13-14H,2-3,5-6,10-11H2,(H,20,23). The molecule has 7 heteroatoms. The number of imidazole rings is 1. The number of fused-ring (bicyclic) bond motifs is 1. The van der Waals surface area contributed by atoms with Crippen LogP contribution in [0.4, 0.5) is 8.78 Å². The summed E-state index contributed by atoms with van der Waals surface area (Å²) in [5.74, 6) is -0.0796. The number of aromatic nitrogens is 2. The molecule has 3 rings (SSSR count). The third-order valence-electron chi connectivity index (χ3n) is 4.28. The number of carbonyl (C=O) groups is 1. The number of halogens is 2. The summed E-state index contributed by atoms with van der Waals surface area (Å²) in [7, 11) is 0. The minimum Gasteiger partial charge on any atom is -0.352 e. The van der Waals surface area contributed by atoms with E-state index in [0.717, 1.165) is 11.2 Å². The Labute approximate surface area is 133 Å². The van der Waals surface area contributed by atoms with Crippen LogP contribution in [0.2, 0.25) is 0 Å². The monoisotopic (exact) mass is 322 g/mol. The quantitative estimate of drug-likeness (QED) is 0.915. The van der Waals surface area contributed by atoms with Gasteiger partial charge in [-0.15, -0.1) is 0 Å². The Hall–Kier alpha value is -2.02. The molecule has 2 aromatic heterocycles. The van der Waals surface area contributed by atoms with Crippen molar-refractivity contribution in [3.05, 3.63) is 36.3 Å². The molecule has 23 heavy (non-hydrogen) atoms. The van der Waals surface area contributed by atoms with E-state index in [1.54, 1.807) is 11.1 Å². The molecule has 5 nitrogen and oxygen atoms in total. The average Bonchev–Trinajstić information content (AvgIpc) is 3.00. The third kappa shape index (κ3) is 4.04. The van der Waals surface area contributed by atoms with Gasteiger partial charge in [0.2, 0.25) is 5.91 Å². The molecule has 0 spiro atoms. The fourth-order valence-electron chi connectivity index (χ4n) is 2.97. The highest BCUT2D eigenvalue weighted by Crippen LogP contribution is 2.18. The summed E-state index contributed by atoms with van der Waals surface area (Å²) < 4.78 is 26.6. The number of rotatable bonds is 5. The van der Waals surface area contributed by atoms with Gasteiger partial charge in [-0.3, -0.25) is 9.69 Å². The Morgan fingerprint density at radius 1 is 1.35 bits per heavy atom. The van der Waals surface area contributed by atoms with Crippen LogP contribution in [0, 0.1) is 5.92 Å². The second kappa shape index (κ2) is 7.04. The molecule has 1 N–H and O–H groups in total. The number of hydrogen-bond donors (Lipinski definition) is 1. The van der Waals surface area contributed by atoms with E-state index in [1.807, 2.05) is 28.9 Å². The number of carbonyl (C=O) groups excluding carboxylic acids is 1. The van der Waals surface area contributed by atoms with Crippen molar-refractivity contribution in [2.45, 2.75) is 25.8 Å². The first-order chi connectivity index (χ1) is 11.1. The summed E-state index contributed by atoms with van der Waals surface area (Å²) in [6, 6.07) is 3.88. The van der Waals surface area contributed by atoms with E-state index in [-0.39, 0.29) is 18.4 Å². The first-order valence-corrected chi connectivity index (χ1v) is 7.81. The van der Waals surface area contributed by atoms with Crippen molar-refractivity contribution < 1.29 is 13.6 Å². The van der Waals surface area contributed by atoms with Crippen LogP contribution >= 0.6 is 0 Å². The van der Waals surface area contributed by atoms with Gasteiger partial charge in [0.1, 0.15) is 5.65 Å². The average molecular weight is 322 g/mol. The zero-order valence-electron chi connectivity index (χ0n) is 12.8. The van der Waals surface area contributed by atoms with Gasteiger partial charge < -0.3 is 9.72 Å². The second-order valence-electron chi connectivity index (χ2n) is 5.91. The highest BCUT2D eigenvalue weighted by molar-refractivity contribution is 5.78. The molecule has 0 aliphatic carbocycles. The zero-order valence-corrected chi connectivity index (χ0v) is 12.8. The third-order valence-corrected chi connectivity index (χ3v) is 4.28. The molecule has 0 atom stereocenters. The molecule has 1 amide bonds. The van der Waals surface area contributed by atoms with Crippen LogP contribution in [-0.2, 0) is 11.3 Å². The van der Waals surface area contributed by atoms with Crippen molar-refractivity contribution in [1.82, 2.24) is 19.6 Å². The van der Waals surface area contributed by atoms with Gasteiger partial charge in [-0.1, -0.05) is 0 Å². The zero-order chi connectivity index (χ0) is 16.2. The summed E-state index contributed by atoms with van der Waals surface area (Å²) in [6.45, 7) is 1.38. The molecule has 1 aliphatic rings. The van der Waals surface area contributed by atoms with Crippen LogP contribution in [0.25, 0.3) is 5.65 Å². The van der Waals surface area contributed by atoms with E-state index in [4.69, 9.17) is 0 Å². The molecule has 2 aromatic rings. The number of hydrogen-bond acceptors (Lipinski definition) is 3. The largest absolute Gasteiger partial charge is 0.352 e. The second-order valence-corrected chi connectivity index (χ2v) is 5.91. The number of nitrogens with zero attached hydrogens (tertiary/aromatic N) is 3. The van der Waals surface area contributed by atoms with Gasteiger partial charge in [-0.2, -0.15) is 0 Å². The number of piperidine rings is 1. The predicted octanol–water partition coefficient (Wildman–Crippen LogP) is 1.93. The van der Waals surface area contributed by atoms with Gasteiger partial charge >= 0.3 is 0 Å². The molecular formula is C16H20F2N4O. The van der Waals surface area contributed by atoms with E-state index < -0.39 is 6.43 Å². The van der Waals surface area contributed by atoms with Gasteiger partial charge in [-0.25, -0.2) is 13.8 Å². The number of nitrogens with one attached hydrogen (secondary N) is 1. The minimum absolute atomic E-state index is 0.00455. The Kier molecular flexibility index (Phi) is 4.85. The van der Waals surface area contributed by atoms with Crippen molar-refractivity contribution in [1.29, 1.82) is 0 Å². The van der Waals surface area contributed by atoms with Crippen LogP contribution in [-0.4, -0.2) is 46.3 Å². The van der Waals surface area contributed by atoms with Gasteiger partial charge in [0.25, 0.3) is 6.43 Å². The smallest absolute Gasteiger partial charge is 0.251 e. The van der Waals surface area contributed by atoms with Crippen molar-refractivity contribution in [2.24, 2.45) is 5.92 Å². The van der Waals surface area contributed by atoms with Crippen LogP contribution in [0.15, 0.2) is 30.7 Å². The lowest BCUT2D eigenvalue weighted by molar-refractivity contribution is -0.126. The van der Waals surface area contributed by atoms with E-state index in [2.05, 4.69) is 10.3 Å². The van der Waals surface area contributed by atoms with Crippen LogP contribution in [0.5, 0.6) is 0 Å². The number of pyridine rings is 1. The molecule has 0 aromatic carbocycles. The molecule has 3 heterocycles. The van der Waals surface area contributed by atoms with Crippen LogP contribution in [0.1, 0.15) is 18.4 Å². The lowest BCUT2D eigenvalue weighted by Gasteiger charge is -2.30. The summed E-state index contributed by atoms with van der Waals surface area (Å²) >= 11 is 0. The molecule has 1 saturated heterocycles. The fourth-order valence-corrected chi connectivity index (χ4v) is 2.97. The lowest BCUT2D eigenvalue weighted by atomic mass is 9.96. The molecule has 0 unspecified atom stereocenters. The van der Waals surface area contributed by atoms with Crippen LogP contribution in [0.3, 0.4) is 0 Å². The van der Waals surface area contributed by atoms with Gasteiger partial charge in [-0.05, 0) is 43.6 Å². The van der Waals surface area contributed by atoms with Crippen molar-refractivity contribution in [2.75, 3.05) is 19.6 Å². The summed E-state index contributed by atoms with van der Waals surface area (Å²) in [5.41, 5.74) is 1.84. The normalized spacial score (nSPS) is 17.0. The molecule has 0 radical (unpaired) electrons. The number of alkyl halides is 2.